The minimum Gasteiger partial charge on any atom is -0.496 e. The van der Waals surface area contributed by atoms with Crippen molar-refractivity contribution in [1.82, 2.24) is 5.32 Å². The molecule has 0 spiro atoms. The van der Waals surface area contributed by atoms with Crippen LogP contribution in [-0.2, 0) is 10.2 Å². The summed E-state index contributed by atoms with van der Waals surface area (Å²) in [5, 5.41) is 3.48. The van der Waals surface area contributed by atoms with Gasteiger partial charge < -0.3 is 14.8 Å². The van der Waals surface area contributed by atoms with Gasteiger partial charge in [0.2, 0.25) is 0 Å². The topological polar surface area (TPSA) is 30.5 Å². The Balaban J connectivity index is 2.07. The second kappa shape index (κ2) is 5.72. The summed E-state index contributed by atoms with van der Waals surface area (Å²) in [4.78, 5) is 0. The summed E-state index contributed by atoms with van der Waals surface area (Å²) in [6.07, 6.45) is 2.49. The molecule has 1 saturated carbocycles. The third-order valence-corrected chi connectivity index (χ3v) is 3.73. The van der Waals surface area contributed by atoms with Crippen LogP contribution in [0.1, 0.15) is 24.0 Å². The number of nitrogens with one attached hydrogen (secondary N) is 1. The fourth-order valence-electron chi connectivity index (χ4n) is 2.43. The maximum absolute atomic E-state index is 5.50. The van der Waals surface area contributed by atoms with Gasteiger partial charge in [0.15, 0.2) is 0 Å². The summed E-state index contributed by atoms with van der Waals surface area (Å²) in [5.41, 5.74) is 2.94. The van der Waals surface area contributed by atoms with E-state index in [1.54, 1.807) is 14.2 Å². The van der Waals surface area contributed by atoms with E-state index in [2.05, 4.69) is 30.4 Å². The number of rotatable bonds is 7. The van der Waals surface area contributed by atoms with Gasteiger partial charge in [-0.3, -0.25) is 0 Å². The molecule has 0 radical (unpaired) electrons. The number of aryl methyl sites for hydroxylation is 1. The van der Waals surface area contributed by atoms with Crippen LogP contribution in [0.4, 0.5) is 0 Å². The highest BCUT2D eigenvalue weighted by atomic mass is 16.5. The molecule has 1 aromatic rings. The van der Waals surface area contributed by atoms with E-state index in [-0.39, 0.29) is 5.41 Å². The highest BCUT2D eigenvalue weighted by molar-refractivity contribution is 5.45. The predicted molar refractivity (Wildman–Crippen MR) is 73.4 cm³/mol. The first-order valence-corrected chi connectivity index (χ1v) is 6.57. The first-order chi connectivity index (χ1) is 8.72. The van der Waals surface area contributed by atoms with E-state index in [1.807, 2.05) is 0 Å². The van der Waals surface area contributed by atoms with Crippen molar-refractivity contribution in [2.75, 3.05) is 33.9 Å². The first kappa shape index (κ1) is 13.4. The second-order valence-corrected chi connectivity index (χ2v) is 5.15. The van der Waals surface area contributed by atoms with Crippen LogP contribution in [0.25, 0.3) is 0 Å². The van der Waals surface area contributed by atoms with Gasteiger partial charge in [-0.05, 0) is 25.8 Å². The monoisotopic (exact) mass is 249 g/mol. The molecule has 0 heterocycles. The van der Waals surface area contributed by atoms with Crippen LogP contribution in [0.5, 0.6) is 5.75 Å². The maximum atomic E-state index is 5.50. The molecular formula is C15H23NO2. The highest BCUT2D eigenvalue weighted by Crippen LogP contribution is 2.51. The third-order valence-electron chi connectivity index (χ3n) is 3.73. The Bertz CT molecular complexity index is 399. The van der Waals surface area contributed by atoms with Crippen LogP contribution in [0, 0.1) is 6.92 Å². The van der Waals surface area contributed by atoms with Gasteiger partial charge in [-0.15, -0.1) is 0 Å². The number of hydrogen-bond donors (Lipinski definition) is 1. The van der Waals surface area contributed by atoms with Gasteiger partial charge in [0.1, 0.15) is 5.75 Å². The molecular weight excluding hydrogens is 226 g/mol. The number of benzene rings is 1. The Morgan fingerprint density at radius 2 is 2.06 bits per heavy atom. The molecule has 1 aliphatic carbocycles. The minimum atomic E-state index is 0.283. The van der Waals surface area contributed by atoms with Gasteiger partial charge in [-0.1, -0.05) is 17.7 Å². The minimum absolute atomic E-state index is 0.283. The molecule has 0 aliphatic heterocycles. The van der Waals surface area contributed by atoms with E-state index in [9.17, 15) is 0 Å². The van der Waals surface area contributed by atoms with E-state index >= 15 is 0 Å². The summed E-state index contributed by atoms with van der Waals surface area (Å²) in [6, 6.07) is 6.46. The fraction of sp³-hybridized carbons (Fsp3) is 0.600. The number of methoxy groups -OCH3 is 2. The van der Waals surface area contributed by atoms with Crippen molar-refractivity contribution in [2.45, 2.75) is 25.2 Å². The van der Waals surface area contributed by atoms with Crippen LogP contribution in [-0.4, -0.2) is 33.9 Å². The van der Waals surface area contributed by atoms with Gasteiger partial charge >= 0.3 is 0 Å². The molecule has 1 fully saturated rings. The van der Waals surface area contributed by atoms with Crippen LogP contribution < -0.4 is 10.1 Å². The van der Waals surface area contributed by atoms with Crippen LogP contribution >= 0.6 is 0 Å². The molecule has 0 bridgehead atoms. The molecule has 3 nitrogen and oxygen atoms in total. The molecule has 0 unspecified atom stereocenters. The zero-order valence-electron chi connectivity index (χ0n) is 11.6. The Hall–Kier alpha value is -1.06. The van der Waals surface area contributed by atoms with E-state index in [1.165, 1.54) is 24.0 Å². The lowest BCUT2D eigenvalue weighted by molar-refractivity contribution is 0.198. The van der Waals surface area contributed by atoms with Crippen LogP contribution in [0.2, 0.25) is 0 Å². The molecule has 0 aromatic heterocycles. The second-order valence-electron chi connectivity index (χ2n) is 5.15. The van der Waals surface area contributed by atoms with Gasteiger partial charge in [-0.2, -0.15) is 0 Å². The van der Waals surface area contributed by atoms with E-state index in [4.69, 9.17) is 9.47 Å². The predicted octanol–water partition coefficient (Wildman–Crippen LogP) is 2.27. The number of hydrogen-bond acceptors (Lipinski definition) is 3. The SMILES string of the molecule is COCCNCC1(c2cc(C)ccc2OC)CC1. The quantitative estimate of drug-likeness (QED) is 0.752. The molecule has 0 saturated heterocycles. The van der Waals surface area contributed by atoms with Crippen molar-refractivity contribution in [3.8, 4) is 5.75 Å². The lowest BCUT2D eigenvalue weighted by Gasteiger charge is -2.20. The zero-order valence-corrected chi connectivity index (χ0v) is 11.6. The molecule has 18 heavy (non-hydrogen) atoms. The van der Waals surface area contributed by atoms with Crippen molar-refractivity contribution in [2.24, 2.45) is 0 Å². The summed E-state index contributed by atoms with van der Waals surface area (Å²) in [7, 11) is 3.49. The van der Waals surface area contributed by atoms with Crippen LogP contribution in [0.15, 0.2) is 18.2 Å². The van der Waals surface area contributed by atoms with Crippen molar-refractivity contribution >= 4 is 0 Å². The van der Waals surface area contributed by atoms with E-state index in [0.29, 0.717) is 0 Å². The first-order valence-electron chi connectivity index (χ1n) is 6.57. The zero-order chi connectivity index (χ0) is 13.0. The summed E-state index contributed by atoms with van der Waals surface area (Å²) in [5.74, 6) is 1.02. The highest BCUT2D eigenvalue weighted by Gasteiger charge is 2.45. The van der Waals surface area contributed by atoms with Crippen LogP contribution in [0.3, 0.4) is 0 Å². The Morgan fingerprint density at radius 3 is 2.67 bits per heavy atom. The lowest BCUT2D eigenvalue weighted by atomic mass is 9.93. The smallest absolute Gasteiger partial charge is 0.122 e. The Morgan fingerprint density at radius 1 is 1.28 bits per heavy atom. The molecule has 2 rings (SSSR count). The molecule has 0 amide bonds. The van der Waals surface area contributed by atoms with E-state index < -0.39 is 0 Å². The average Bonchev–Trinajstić information content (AvgIpc) is 3.16. The Labute approximate surface area is 109 Å². The largest absolute Gasteiger partial charge is 0.496 e. The summed E-state index contributed by atoms with van der Waals surface area (Å²) in [6.45, 7) is 4.82. The van der Waals surface area contributed by atoms with Gasteiger partial charge in [0.05, 0.1) is 13.7 Å². The normalized spacial score (nSPS) is 16.6. The van der Waals surface area contributed by atoms with E-state index in [0.717, 1.165) is 25.4 Å². The lowest BCUT2D eigenvalue weighted by Crippen LogP contribution is -2.29. The van der Waals surface area contributed by atoms with Crippen molar-refractivity contribution in [1.29, 1.82) is 0 Å². The van der Waals surface area contributed by atoms with Gasteiger partial charge in [0, 0.05) is 31.2 Å². The van der Waals surface area contributed by atoms with Crippen molar-refractivity contribution in [3.63, 3.8) is 0 Å². The van der Waals surface area contributed by atoms with Gasteiger partial charge in [0.25, 0.3) is 0 Å². The Kier molecular flexibility index (Phi) is 4.25. The maximum Gasteiger partial charge on any atom is 0.122 e. The molecule has 3 heteroatoms. The number of ether oxygens (including phenoxy) is 2. The average molecular weight is 249 g/mol. The molecule has 0 atom stereocenters. The molecule has 1 N–H and O–H groups in total. The summed E-state index contributed by atoms with van der Waals surface area (Å²) < 4.78 is 10.6. The van der Waals surface area contributed by atoms with Crippen molar-refractivity contribution in [3.05, 3.63) is 29.3 Å². The summed E-state index contributed by atoms with van der Waals surface area (Å²) >= 11 is 0. The third kappa shape index (κ3) is 2.85. The molecule has 100 valence electrons. The molecule has 1 aliphatic rings. The molecule has 1 aromatic carbocycles. The van der Waals surface area contributed by atoms with Crippen molar-refractivity contribution < 1.29 is 9.47 Å². The fourth-order valence-corrected chi connectivity index (χ4v) is 2.43. The van der Waals surface area contributed by atoms with Gasteiger partial charge in [-0.25, -0.2) is 0 Å². The standard InChI is InChI=1S/C15H23NO2/c1-12-4-5-14(18-3)13(10-12)15(6-7-15)11-16-8-9-17-2/h4-5,10,16H,6-9,11H2,1-3H3.